The molecule has 0 bridgehead atoms. The first kappa shape index (κ1) is 15.0. The summed E-state index contributed by atoms with van der Waals surface area (Å²) in [5.74, 6) is 1.09. The maximum absolute atomic E-state index is 8.94. The summed E-state index contributed by atoms with van der Waals surface area (Å²) in [4.78, 5) is 4.79. The number of hydrogen-bond acceptors (Lipinski definition) is 3. The molecule has 0 radical (unpaired) electrons. The van der Waals surface area contributed by atoms with E-state index < -0.39 is 0 Å². The molecule has 4 nitrogen and oxygen atoms in total. The summed E-state index contributed by atoms with van der Waals surface area (Å²) in [6.45, 7) is 7.37. The lowest BCUT2D eigenvalue weighted by Gasteiger charge is -2.24. The third-order valence-corrected chi connectivity index (χ3v) is 3.50. The van der Waals surface area contributed by atoms with Crippen molar-refractivity contribution in [2.75, 3.05) is 6.61 Å². The van der Waals surface area contributed by atoms with Crippen LogP contribution >= 0.6 is 0 Å². The molecule has 2 rings (SSSR count). The number of aliphatic hydroxyl groups is 1. The molecule has 4 heteroatoms. The molecule has 0 aliphatic carbocycles. The van der Waals surface area contributed by atoms with Gasteiger partial charge in [-0.2, -0.15) is 0 Å². The summed E-state index contributed by atoms with van der Waals surface area (Å²) in [6, 6.07) is 6.27. The molecular formula is C16H25N3O. The lowest BCUT2D eigenvalue weighted by Crippen LogP contribution is -2.24. The molecule has 1 aromatic heterocycles. The molecule has 0 fully saturated rings. The summed E-state index contributed by atoms with van der Waals surface area (Å²) in [7, 11) is 0. The Labute approximate surface area is 120 Å². The van der Waals surface area contributed by atoms with Gasteiger partial charge in [0, 0.05) is 25.1 Å². The van der Waals surface area contributed by atoms with Gasteiger partial charge in [0.2, 0.25) is 0 Å². The lowest BCUT2D eigenvalue weighted by molar-refractivity contribution is 0.283. The third kappa shape index (κ3) is 3.02. The fraction of sp³-hybridized carbons (Fsp3) is 0.562. The number of unbranched alkanes of at least 4 members (excludes halogenated alkanes) is 1. The Kier molecular flexibility index (Phi) is 4.45. The van der Waals surface area contributed by atoms with E-state index in [2.05, 4.69) is 43.5 Å². The van der Waals surface area contributed by atoms with Crippen LogP contribution in [-0.2, 0) is 18.5 Å². The van der Waals surface area contributed by atoms with Crippen molar-refractivity contribution < 1.29 is 5.11 Å². The first-order valence-electron chi connectivity index (χ1n) is 7.29. The molecule has 0 amide bonds. The Hall–Kier alpha value is -1.39. The minimum Gasteiger partial charge on any atom is -0.396 e. The Morgan fingerprint density at radius 3 is 2.60 bits per heavy atom. The van der Waals surface area contributed by atoms with E-state index in [0.717, 1.165) is 41.7 Å². The van der Waals surface area contributed by atoms with Crippen molar-refractivity contribution in [2.24, 2.45) is 5.73 Å². The minimum atomic E-state index is -0.00642. The first-order valence-corrected chi connectivity index (χ1v) is 7.29. The van der Waals surface area contributed by atoms with E-state index in [9.17, 15) is 0 Å². The molecule has 0 aliphatic heterocycles. The van der Waals surface area contributed by atoms with Crippen molar-refractivity contribution in [1.82, 2.24) is 9.55 Å². The molecule has 0 saturated carbocycles. The number of aromatic nitrogens is 2. The molecule has 0 aliphatic rings. The number of fused-ring (bicyclic) bond motifs is 1. The van der Waals surface area contributed by atoms with Gasteiger partial charge in [-0.05, 0) is 51.3 Å². The van der Waals surface area contributed by atoms with Gasteiger partial charge in [-0.1, -0.05) is 6.07 Å². The zero-order chi connectivity index (χ0) is 14.8. The molecule has 0 unspecified atom stereocenters. The largest absolute Gasteiger partial charge is 0.396 e. The van der Waals surface area contributed by atoms with Gasteiger partial charge in [-0.15, -0.1) is 0 Å². The van der Waals surface area contributed by atoms with Crippen LogP contribution in [0.4, 0.5) is 0 Å². The molecule has 0 spiro atoms. The Balaban J connectivity index is 2.48. The highest BCUT2D eigenvalue weighted by atomic mass is 16.2. The second-order valence-electron chi connectivity index (χ2n) is 6.24. The second kappa shape index (κ2) is 5.94. The zero-order valence-corrected chi connectivity index (χ0v) is 12.7. The molecule has 2 aromatic rings. The average Bonchev–Trinajstić information content (AvgIpc) is 2.75. The fourth-order valence-corrected chi connectivity index (χ4v) is 2.61. The Morgan fingerprint density at radius 2 is 2.00 bits per heavy atom. The van der Waals surface area contributed by atoms with Gasteiger partial charge in [-0.25, -0.2) is 4.98 Å². The van der Waals surface area contributed by atoms with Crippen LogP contribution in [0.1, 0.15) is 45.0 Å². The molecule has 20 heavy (non-hydrogen) atoms. The van der Waals surface area contributed by atoms with Crippen LogP contribution in [0, 0.1) is 0 Å². The number of hydrogen-bond donors (Lipinski definition) is 2. The molecule has 0 saturated heterocycles. The summed E-state index contributed by atoms with van der Waals surface area (Å²) in [5, 5.41) is 8.94. The van der Waals surface area contributed by atoms with Crippen LogP contribution in [0.2, 0.25) is 0 Å². The SMILES string of the molecule is CC(C)(C)n1c(CCCCO)nc2cc(CN)ccc21. The highest BCUT2D eigenvalue weighted by Crippen LogP contribution is 2.26. The highest BCUT2D eigenvalue weighted by Gasteiger charge is 2.21. The predicted molar refractivity (Wildman–Crippen MR) is 82.6 cm³/mol. The molecule has 1 aromatic carbocycles. The van der Waals surface area contributed by atoms with E-state index in [1.54, 1.807) is 0 Å². The van der Waals surface area contributed by atoms with Crippen LogP contribution in [0.3, 0.4) is 0 Å². The molecular weight excluding hydrogens is 250 g/mol. The quantitative estimate of drug-likeness (QED) is 0.824. The zero-order valence-electron chi connectivity index (χ0n) is 12.7. The fourth-order valence-electron chi connectivity index (χ4n) is 2.61. The number of aliphatic hydroxyl groups excluding tert-OH is 1. The van der Waals surface area contributed by atoms with Crippen molar-refractivity contribution >= 4 is 11.0 Å². The van der Waals surface area contributed by atoms with E-state index >= 15 is 0 Å². The van der Waals surface area contributed by atoms with Crippen LogP contribution < -0.4 is 5.73 Å². The summed E-state index contributed by atoms with van der Waals surface area (Å²) >= 11 is 0. The van der Waals surface area contributed by atoms with Crippen molar-refractivity contribution in [1.29, 1.82) is 0 Å². The number of aryl methyl sites for hydroxylation is 1. The number of benzene rings is 1. The van der Waals surface area contributed by atoms with E-state index in [-0.39, 0.29) is 12.1 Å². The second-order valence-corrected chi connectivity index (χ2v) is 6.24. The summed E-state index contributed by atoms with van der Waals surface area (Å²) < 4.78 is 2.31. The highest BCUT2D eigenvalue weighted by molar-refractivity contribution is 5.77. The average molecular weight is 275 g/mol. The van der Waals surface area contributed by atoms with Crippen molar-refractivity contribution in [3.8, 4) is 0 Å². The van der Waals surface area contributed by atoms with Crippen LogP contribution in [0.5, 0.6) is 0 Å². The number of imidazole rings is 1. The molecule has 1 heterocycles. The van der Waals surface area contributed by atoms with E-state index in [0.29, 0.717) is 6.54 Å². The molecule has 3 N–H and O–H groups in total. The lowest BCUT2D eigenvalue weighted by atomic mass is 10.1. The number of nitrogens with zero attached hydrogens (tertiary/aromatic N) is 2. The topological polar surface area (TPSA) is 64.1 Å². The van der Waals surface area contributed by atoms with Gasteiger partial charge in [0.25, 0.3) is 0 Å². The van der Waals surface area contributed by atoms with Gasteiger partial charge in [0.15, 0.2) is 0 Å². The Bertz CT molecular complexity index is 581. The van der Waals surface area contributed by atoms with Gasteiger partial charge in [0.05, 0.1) is 11.0 Å². The monoisotopic (exact) mass is 275 g/mol. The van der Waals surface area contributed by atoms with Gasteiger partial charge >= 0.3 is 0 Å². The third-order valence-electron chi connectivity index (χ3n) is 3.50. The normalized spacial score (nSPS) is 12.2. The van der Waals surface area contributed by atoms with Crippen molar-refractivity contribution in [2.45, 2.75) is 52.1 Å². The minimum absolute atomic E-state index is 0.00642. The van der Waals surface area contributed by atoms with Crippen LogP contribution in [0.15, 0.2) is 18.2 Å². The Morgan fingerprint density at radius 1 is 1.25 bits per heavy atom. The van der Waals surface area contributed by atoms with E-state index in [1.165, 1.54) is 0 Å². The number of rotatable bonds is 5. The maximum atomic E-state index is 8.94. The predicted octanol–water partition coefficient (Wildman–Crippen LogP) is 2.57. The van der Waals surface area contributed by atoms with Gasteiger partial charge in [-0.3, -0.25) is 0 Å². The van der Waals surface area contributed by atoms with Gasteiger partial charge < -0.3 is 15.4 Å². The summed E-state index contributed by atoms with van der Waals surface area (Å²) in [6.07, 6.45) is 2.67. The summed E-state index contributed by atoms with van der Waals surface area (Å²) in [5.41, 5.74) is 8.99. The standard InChI is InChI=1S/C16H25N3O/c1-16(2,3)19-14-8-7-12(11-17)10-13(14)18-15(19)6-4-5-9-20/h7-8,10,20H,4-6,9,11,17H2,1-3H3. The van der Waals surface area contributed by atoms with Crippen LogP contribution in [-0.4, -0.2) is 21.3 Å². The molecule has 0 atom stereocenters. The van der Waals surface area contributed by atoms with Crippen LogP contribution in [0.25, 0.3) is 11.0 Å². The van der Waals surface area contributed by atoms with Crippen molar-refractivity contribution in [3.63, 3.8) is 0 Å². The van der Waals surface area contributed by atoms with E-state index in [4.69, 9.17) is 15.8 Å². The maximum Gasteiger partial charge on any atom is 0.110 e. The first-order chi connectivity index (χ1) is 9.47. The molecule has 110 valence electrons. The van der Waals surface area contributed by atoms with E-state index in [1.807, 2.05) is 0 Å². The smallest absolute Gasteiger partial charge is 0.110 e. The van der Waals surface area contributed by atoms with Gasteiger partial charge in [0.1, 0.15) is 5.82 Å². The van der Waals surface area contributed by atoms with Crippen molar-refractivity contribution in [3.05, 3.63) is 29.6 Å². The number of nitrogens with two attached hydrogens (primary N) is 1.